The van der Waals surface area contributed by atoms with Crippen molar-refractivity contribution in [1.82, 2.24) is 4.90 Å². The van der Waals surface area contributed by atoms with E-state index >= 15 is 0 Å². The van der Waals surface area contributed by atoms with Gasteiger partial charge in [-0.3, -0.25) is 4.90 Å². The number of rotatable bonds is 8. The Morgan fingerprint density at radius 2 is 1.95 bits per heavy atom. The summed E-state index contributed by atoms with van der Waals surface area (Å²) in [4.78, 5) is 2.19. The first-order valence-corrected chi connectivity index (χ1v) is 7.68. The number of methoxy groups -OCH3 is 1. The number of hydrogen-bond donors (Lipinski definition) is 1. The minimum absolute atomic E-state index is 0.330. The fourth-order valence-electron chi connectivity index (χ4n) is 2.18. The van der Waals surface area contributed by atoms with Gasteiger partial charge in [-0.15, -0.1) is 0 Å². The van der Waals surface area contributed by atoms with Gasteiger partial charge in [0.1, 0.15) is 0 Å². The second kappa shape index (κ2) is 8.47. The normalized spacial score (nSPS) is 12.8. The van der Waals surface area contributed by atoms with Gasteiger partial charge in [0.2, 0.25) is 0 Å². The van der Waals surface area contributed by atoms with Crippen LogP contribution in [0.1, 0.15) is 33.3 Å². The lowest BCUT2D eigenvalue weighted by Crippen LogP contribution is -2.36. The summed E-state index contributed by atoms with van der Waals surface area (Å²) in [7, 11) is 1.61. The third-order valence-corrected chi connectivity index (χ3v) is 3.47. The van der Waals surface area contributed by atoms with Crippen LogP contribution in [0.5, 0.6) is 11.5 Å². The van der Waals surface area contributed by atoms with E-state index in [0.717, 1.165) is 5.56 Å². The van der Waals surface area contributed by atoms with Gasteiger partial charge < -0.3 is 14.6 Å². The van der Waals surface area contributed by atoms with Gasteiger partial charge in [-0.1, -0.05) is 11.6 Å². The quantitative estimate of drug-likeness (QED) is 0.799. The summed E-state index contributed by atoms with van der Waals surface area (Å²) in [5.74, 6) is 1.22. The van der Waals surface area contributed by atoms with E-state index in [1.54, 1.807) is 14.0 Å². The lowest BCUT2D eigenvalue weighted by atomic mass is 10.1. The number of ether oxygens (including phenoxy) is 2. The minimum Gasteiger partial charge on any atom is -0.493 e. The summed E-state index contributed by atoms with van der Waals surface area (Å²) in [6.45, 7) is 9.77. The molecule has 0 saturated carbocycles. The van der Waals surface area contributed by atoms with E-state index in [0.29, 0.717) is 42.3 Å². The van der Waals surface area contributed by atoms with E-state index in [4.69, 9.17) is 21.1 Å². The van der Waals surface area contributed by atoms with E-state index < -0.39 is 0 Å². The van der Waals surface area contributed by atoms with Gasteiger partial charge >= 0.3 is 0 Å². The molecule has 5 heteroatoms. The maximum absolute atomic E-state index is 9.61. The number of hydrogen-bond acceptors (Lipinski definition) is 4. The average Bonchev–Trinajstić information content (AvgIpc) is 2.40. The van der Waals surface area contributed by atoms with Crippen molar-refractivity contribution in [3.8, 4) is 11.5 Å². The predicted octanol–water partition coefficient (Wildman–Crippen LogP) is 3.34. The Kier molecular flexibility index (Phi) is 7.29. The molecule has 1 atom stereocenters. The Balaban J connectivity index is 2.99. The van der Waals surface area contributed by atoms with Crippen LogP contribution in [0.3, 0.4) is 0 Å². The fraction of sp³-hybridized carbons (Fsp3) is 0.625. The second-order valence-corrected chi connectivity index (χ2v) is 5.82. The molecule has 0 amide bonds. The number of aliphatic hydroxyl groups excluding tert-OH is 1. The average molecular weight is 316 g/mol. The van der Waals surface area contributed by atoms with Crippen LogP contribution in [-0.4, -0.2) is 42.4 Å². The van der Waals surface area contributed by atoms with Gasteiger partial charge in [0.05, 0.1) is 24.8 Å². The monoisotopic (exact) mass is 315 g/mol. The number of halogens is 1. The van der Waals surface area contributed by atoms with Gasteiger partial charge in [-0.2, -0.15) is 0 Å². The summed E-state index contributed by atoms with van der Waals surface area (Å²) in [5.41, 5.74) is 1.04. The van der Waals surface area contributed by atoms with Crippen LogP contribution in [0, 0.1) is 0 Å². The lowest BCUT2D eigenvalue weighted by Gasteiger charge is -2.28. The second-order valence-electron chi connectivity index (χ2n) is 5.41. The SMILES string of the molecule is CCOc1c(Cl)cc(CN(CC(C)O)C(C)C)cc1OC. The van der Waals surface area contributed by atoms with Gasteiger partial charge in [0, 0.05) is 19.1 Å². The van der Waals surface area contributed by atoms with Crippen LogP contribution in [-0.2, 0) is 6.54 Å². The lowest BCUT2D eigenvalue weighted by molar-refractivity contribution is 0.103. The molecule has 0 aliphatic carbocycles. The van der Waals surface area contributed by atoms with Crippen molar-refractivity contribution in [1.29, 1.82) is 0 Å². The molecule has 0 radical (unpaired) electrons. The van der Waals surface area contributed by atoms with Crippen molar-refractivity contribution in [3.63, 3.8) is 0 Å². The molecule has 120 valence electrons. The zero-order valence-corrected chi connectivity index (χ0v) is 14.3. The van der Waals surface area contributed by atoms with E-state index in [1.165, 1.54) is 0 Å². The van der Waals surface area contributed by atoms with Gasteiger partial charge in [-0.25, -0.2) is 0 Å². The molecule has 0 spiro atoms. The van der Waals surface area contributed by atoms with Crippen molar-refractivity contribution in [2.75, 3.05) is 20.3 Å². The van der Waals surface area contributed by atoms with Crippen LogP contribution < -0.4 is 9.47 Å². The maximum Gasteiger partial charge on any atom is 0.179 e. The van der Waals surface area contributed by atoms with Crippen LogP contribution >= 0.6 is 11.6 Å². The molecule has 21 heavy (non-hydrogen) atoms. The van der Waals surface area contributed by atoms with Gasteiger partial charge in [0.25, 0.3) is 0 Å². The maximum atomic E-state index is 9.61. The highest BCUT2D eigenvalue weighted by Crippen LogP contribution is 2.36. The molecule has 1 rings (SSSR count). The summed E-state index contributed by atoms with van der Waals surface area (Å²) < 4.78 is 10.9. The largest absolute Gasteiger partial charge is 0.493 e. The first-order chi connectivity index (χ1) is 9.88. The van der Waals surface area contributed by atoms with Gasteiger partial charge in [-0.05, 0) is 45.4 Å². The molecule has 1 N–H and O–H groups in total. The van der Waals surface area contributed by atoms with E-state index in [1.807, 2.05) is 19.1 Å². The number of nitrogens with zero attached hydrogens (tertiary/aromatic N) is 1. The highest BCUT2D eigenvalue weighted by Gasteiger charge is 2.16. The summed E-state index contributed by atoms with van der Waals surface area (Å²) in [6, 6.07) is 4.16. The predicted molar refractivity (Wildman–Crippen MR) is 86.4 cm³/mol. The molecular weight excluding hydrogens is 290 g/mol. The van der Waals surface area contributed by atoms with Crippen LogP contribution in [0.4, 0.5) is 0 Å². The molecular formula is C16H26ClNO3. The summed E-state index contributed by atoms with van der Waals surface area (Å²) in [5, 5.41) is 10.2. The van der Waals surface area contributed by atoms with Gasteiger partial charge in [0.15, 0.2) is 11.5 Å². The molecule has 0 heterocycles. The molecule has 4 nitrogen and oxygen atoms in total. The molecule has 1 aromatic carbocycles. The smallest absolute Gasteiger partial charge is 0.179 e. The zero-order valence-electron chi connectivity index (χ0n) is 13.5. The summed E-state index contributed by atoms with van der Waals surface area (Å²) >= 11 is 6.29. The zero-order chi connectivity index (χ0) is 16.0. The molecule has 0 aliphatic rings. The number of aliphatic hydroxyl groups is 1. The Morgan fingerprint density at radius 3 is 2.43 bits per heavy atom. The first kappa shape index (κ1) is 18.1. The van der Waals surface area contributed by atoms with Crippen molar-refractivity contribution in [2.45, 2.75) is 46.4 Å². The molecule has 0 saturated heterocycles. The minimum atomic E-state index is -0.368. The molecule has 0 bridgehead atoms. The highest BCUT2D eigenvalue weighted by molar-refractivity contribution is 6.32. The van der Waals surface area contributed by atoms with Crippen molar-refractivity contribution in [2.24, 2.45) is 0 Å². The molecule has 0 aromatic heterocycles. The third-order valence-electron chi connectivity index (χ3n) is 3.19. The van der Waals surface area contributed by atoms with Crippen LogP contribution in [0.2, 0.25) is 5.02 Å². The molecule has 0 fully saturated rings. The first-order valence-electron chi connectivity index (χ1n) is 7.30. The molecule has 0 aliphatic heterocycles. The Morgan fingerprint density at radius 1 is 1.29 bits per heavy atom. The van der Waals surface area contributed by atoms with E-state index in [2.05, 4.69) is 18.7 Å². The molecule has 1 unspecified atom stereocenters. The van der Waals surface area contributed by atoms with Crippen molar-refractivity contribution < 1.29 is 14.6 Å². The fourth-order valence-corrected chi connectivity index (χ4v) is 2.47. The highest BCUT2D eigenvalue weighted by atomic mass is 35.5. The third kappa shape index (κ3) is 5.38. The summed E-state index contributed by atoms with van der Waals surface area (Å²) in [6.07, 6.45) is -0.368. The van der Waals surface area contributed by atoms with Crippen LogP contribution in [0.15, 0.2) is 12.1 Å². The van der Waals surface area contributed by atoms with E-state index in [9.17, 15) is 5.11 Å². The topological polar surface area (TPSA) is 41.9 Å². The Labute approximate surface area is 132 Å². The standard InChI is InChI=1S/C16H26ClNO3/c1-6-21-16-14(17)7-13(8-15(16)20-5)10-18(11(2)3)9-12(4)19/h7-8,11-12,19H,6,9-10H2,1-5H3. The Bertz CT molecular complexity index is 449. The number of benzene rings is 1. The van der Waals surface area contributed by atoms with Crippen LogP contribution in [0.25, 0.3) is 0 Å². The van der Waals surface area contributed by atoms with Crippen molar-refractivity contribution >= 4 is 11.6 Å². The van der Waals surface area contributed by atoms with E-state index in [-0.39, 0.29) is 6.10 Å². The van der Waals surface area contributed by atoms with Crippen molar-refractivity contribution in [3.05, 3.63) is 22.7 Å². The Hall–Kier alpha value is -0.970. The molecule has 1 aromatic rings.